The molecule has 0 unspecified atom stereocenters. The molecule has 4 aromatic carbocycles. The number of hydrogen-bond donors (Lipinski definition) is 0. The second-order valence-electron chi connectivity index (χ2n) is 7.72. The van der Waals surface area contributed by atoms with E-state index in [-0.39, 0.29) is 0 Å². The van der Waals surface area contributed by atoms with Crippen LogP contribution in [0.3, 0.4) is 0 Å². The zero-order chi connectivity index (χ0) is 22.5. The van der Waals surface area contributed by atoms with Crippen LogP contribution in [0, 0.1) is 0 Å². The number of benzene rings is 2. The summed E-state index contributed by atoms with van der Waals surface area (Å²) in [6.07, 6.45) is 0. The van der Waals surface area contributed by atoms with Crippen molar-refractivity contribution in [1.29, 1.82) is 0 Å². The van der Waals surface area contributed by atoms with Gasteiger partial charge in [-0.3, -0.25) is 0 Å². The number of fused-ring (bicyclic) bond motifs is 2. The average molecular weight is 491 g/mol. The van der Waals surface area contributed by atoms with E-state index in [1.54, 1.807) is 0 Å². The van der Waals surface area contributed by atoms with Crippen LogP contribution in [0.1, 0.15) is 50.7 Å². The predicted octanol–water partition coefficient (Wildman–Crippen LogP) is 9.53. The summed E-state index contributed by atoms with van der Waals surface area (Å²) in [5.41, 5.74) is 2.88. The molecule has 0 atom stereocenters. The van der Waals surface area contributed by atoms with E-state index < -0.39 is 17.0 Å². The zero-order valence-corrected chi connectivity index (χ0v) is 22.9. The second-order valence-corrected chi connectivity index (χ2v) is 11.3. The molecule has 160 valence electrons. The molecule has 0 aliphatic carbocycles. The Labute approximate surface area is 202 Å². The molecule has 4 aromatic rings. The normalized spacial score (nSPS) is 10.1. The molecule has 0 heterocycles. The molecule has 30 heavy (non-hydrogen) atoms. The molecule has 0 aliphatic heterocycles. The Morgan fingerprint density at radius 3 is 1.27 bits per heavy atom. The third kappa shape index (κ3) is 9.12. The molecule has 0 saturated heterocycles. The summed E-state index contributed by atoms with van der Waals surface area (Å²) in [5, 5.41) is 5.45. The van der Waals surface area contributed by atoms with Gasteiger partial charge >= 0.3 is 35.6 Å². The van der Waals surface area contributed by atoms with Crippen LogP contribution < -0.4 is 0 Å². The maximum atomic E-state index is 4.89. The standard InChI is InChI=1S/2C12H13.C2H6Si.2ClH.Ti/c2*1-9(2)12-7-10-5-3-4-6-11(10)8-12;1-3-2;;;/h2*3-9H,1-2H3;1-2H3;2*1H;/q2*-1;;;;+2/p-2. The minimum atomic E-state index is -0.556. The van der Waals surface area contributed by atoms with Crippen LogP contribution >= 0.6 is 18.6 Å². The van der Waals surface area contributed by atoms with Gasteiger partial charge in [-0.05, 0) is 11.8 Å². The topological polar surface area (TPSA) is 0 Å². The summed E-state index contributed by atoms with van der Waals surface area (Å²) in [5.74, 6) is 1.27. The van der Waals surface area contributed by atoms with Crippen molar-refractivity contribution in [2.45, 2.75) is 52.6 Å². The monoisotopic (exact) mass is 490 g/mol. The van der Waals surface area contributed by atoms with Gasteiger partial charge in [0.2, 0.25) is 0 Å². The molecule has 0 aromatic heterocycles. The molecule has 4 heteroatoms. The molecule has 0 spiro atoms. The molecule has 0 amide bonds. The van der Waals surface area contributed by atoms with Crippen molar-refractivity contribution in [3.63, 3.8) is 0 Å². The average Bonchev–Trinajstić information content (AvgIpc) is 3.34. The Bertz CT molecular complexity index is 823. The maximum absolute atomic E-state index is 4.89. The summed E-state index contributed by atoms with van der Waals surface area (Å²) >= 11 is -0.556. The van der Waals surface area contributed by atoms with Gasteiger partial charge in [0.05, 0.1) is 0 Å². The molecule has 0 nitrogen and oxygen atoms in total. The first-order valence-corrected chi connectivity index (χ1v) is 16.5. The quantitative estimate of drug-likeness (QED) is 0.194. The number of halogens is 2. The van der Waals surface area contributed by atoms with Crippen molar-refractivity contribution in [2.24, 2.45) is 0 Å². The Balaban J connectivity index is 0.000000239. The summed E-state index contributed by atoms with van der Waals surface area (Å²) in [6.45, 7) is 13.2. The Morgan fingerprint density at radius 1 is 0.700 bits per heavy atom. The van der Waals surface area contributed by atoms with E-state index in [1.807, 2.05) is 0 Å². The van der Waals surface area contributed by atoms with Crippen molar-refractivity contribution in [2.75, 3.05) is 0 Å². The van der Waals surface area contributed by atoms with Crippen LogP contribution in [0.5, 0.6) is 0 Å². The first-order valence-electron chi connectivity index (χ1n) is 10.2. The fraction of sp³-hybridized carbons (Fsp3) is 0.308. The van der Waals surface area contributed by atoms with Crippen molar-refractivity contribution in [3.8, 4) is 0 Å². The molecule has 0 saturated carbocycles. The van der Waals surface area contributed by atoms with E-state index in [2.05, 4.69) is 114 Å². The summed E-state index contributed by atoms with van der Waals surface area (Å²) in [7, 11) is 10.9. The summed E-state index contributed by atoms with van der Waals surface area (Å²) in [6, 6.07) is 26.1. The van der Waals surface area contributed by atoms with E-state index in [4.69, 9.17) is 18.6 Å². The molecule has 4 rings (SSSR count). The van der Waals surface area contributed by atoms with E-state index in [1.165, 1.54) is 32.7 Å². The molecule has 0 aliphatic rings. The third-order valence-corrected chi connectivity index (χ3v) is 4.61. The van der Waals surface area contributed by atoms with Gasteiger partial charge in [0.15, 0.2) is 0 Å². The van der Waals surface area contributed by atoms with E-state index >= 15 is 0 Å². The predicted molar refractivity (Wildman–Crippen MR) is 136 cm³/mol. The molecule has 2 radical (unpaired) electrons. The van der Waals surface area contributed by atoms with Gasteiger partial charge in [-0.25, -0.2) is 0 Å². The SMILES string of the molecule is CC(C)c1cc2ccccc2[cH-]1.CC(C)c1cc2ccccc2[cH-]1.C[Si]C.[Cl][Ti][Cl]. The van der Waals surface area contributed by atoms with Crippen LogP contribution in [0.15, 0.2) is 72.8 Å². The van der Waals surface area contributed by atoms with Gasteiger partial charge in [0.1, 0.15) is 0 Å². The van der Waals surface area contributed by atoms with Crippen molar-refractivity contribution < 1.29 is 17.0 Å². The zero-order valence-electron chi connectivity index (χ0n) is 18.8. The third-order valence-electron chi connectivity index (χ3n) is 4.61. The van der Waals surface area contributed by atoms with Gasteiger partial charge < -0.3 is 0 Å². The Hall–Kier alpha value is -0.829. The first kappa shape index (κ1) is 27.2. The number of hydrogen-bond acceptors (Lipinski definition) is 0. The molecule has 0 fully saturated rings. The van der Waals surface area contributed by atoms with Crippen LogP contribution in [0.4, 0.5) is 0 Å². The van der Waals surface area contributed by atoms with Crippen molar-refractivity contribution in [1.82, 2.24) is 0 Å². The molecule has 0 N–H and O–H groups in total. The fourth-order valence-electron chi connectivity index (χ4n) is 3.02. The van der Waals surface area contributed by atoms with E-state index in [9.17, 15) is 0 Å². The van der Waals surface area contributed by atoms with Gasteiger partial charge in [0.25, 0.3) is 0 Å². The molecular weight excluding hydrogens is 459 g/mol. The van der Waals surface area contributed by atoms with E-state index in [0.29, 0.717) is 11.8 Å². The van der Waals surface area contributed by atoms with Gasteiger partial charge in [-0.15, -0.1) is 81.2 Å². The summed E-state index contributed by atoms with van der Waals surface area (Å²) < 4.78 is 0. The molecule has 0 bridgehead atoms. The Kier molecular flexibility index (Phi) is 13.7. The van der Waals surface area contributed by atoms with Crippen LogP contribution in [-0.4, -0.2) is 9.52 Å². The second kappa shape index (κ2) is 15.1. The minimum absolute atomic E-state index is 0.556. The molecular formula is C26H32Cl2SiTi-2. The van der Waals surface area contributed by atoms with Crippen molar-refractivity contribution in [3.05, 3.63) is 83.9 Å². The Morgan fingerprint density at radius 2 is 1.00 bits per heavy atom. The van der Waals surface area contributed by atoms with Crippen LogP contribution in [0.2, 0.25) is 13.1 Å². The summed E-state index contributed by atoms with van der Waals surface area (Å²) in [4.78, 5) is 0. The van der Waals surface area contributed by atoms with Gasteiger partial charge in [0, 0.05) is 9.52 Å². The fourth-order valence-corrected chi connectivity index (χ4v) is 3.02. The van der Waals surface area contributed by atoms with E-state index in [0.717, 1.165) is 9.52 Å². The van der Waals surface area contributed by atoms with Crippen LogP contribution in [-0.2, 0) is 17.0 Å². The van der Waals surface area contributed by atoms with Crippen molar-refractivity contribution >= 4 is 49.7 Å². The van der Waals surface area contributed by atoms with Gasteiger partial charge in [-0.1, -0.05) is 52.9 Å². The number of rotatable bonds is 2. The van der Waals surface area contributed by atoms with Crippen LogP contribution in [0.25, 0.3) is 21.5 Å². The van der Waals surface area contributed by atoms with Gasteiger partial charge in [-0.2, -0.15) is 12.1 Å². The first-order chi connectivity index (χ1) is 14.4.